The Kier molecular flexibility index (Phi) is 5.53. The fraction of sp³-hybridized carbons (Fsp3) is 0.105. The molecule has 0 aliphatic rings. The first-order chi connectivity index (χ1) is 13.7. The summed E-state index contributed by atoms with van der Waals surface area (Å²) in [5, 5.41) is 2.54. The summed E-state index contributed by atoms with van der Waals surface area (Å²) in [6.07, 6.45) is 0.731. The van der Waals surface area contributed by atoms with Gasteiger partial charge in [-0.25, -0.2) is 9.97 Å². The molecule has 0 spiro atoms. The minimum Gasteiger partial charge on any atom is -0.406 e. The van der Waals surface area contributed by atoms with Gasteiger partial charge in [-0.2, -0.15) is 0 Å². The van der Waals surface area contributed by atoms with Gasteiger partial charge in [0.25, 0.3) is 5.91 Å². The number of benzene rings is 1. The lowest BCUT2D eigenvalue weighted by Gasteiger charge is -2.11. The van der Waals surface area contributed by atoms with Gasteiger partial charge < -0.3 is 10.1 Å². The standard InChI is InChI=1S/C19H13F3N4O3/c1-11(27)17-16(13-7-23-10-24-8-13)6-12(9-25-17)18(28)26-14-2-4-15(5-3-14)29-19(20,21)22/h2-10H,1H3,(H,26,28). The summed E-state index contributed by atoms with van der Waals surface area (Å²) in [6.45, 7) is 1.35. The second kappa shape index (κ2) is 8.05. The van der Waals surface area contributed by atoms with Gasteiger partial charge in [-0.15, -0.1) is 13.2 Å². The van der Waals surface area contributed by atoms with Gasteiger partial charge in [0, 0.05) is 42.3 Å². The van der Waals surface area contributed by atoms with Crippen LogP contribution in [0.25, 0.3) is 11.1 Å². The van der Waals surface area contributed by atoms with Crippen LogP contribution in [0.3, 0.4) is 0 Å². The highest BCUT2D eigenvalue weighted by Gasteiger charge is 2.31. The molecule has 0 saturated heterocycles. The van der Waals surface area contributed by atoms with Gasteiger partial charge in [-0.3, -0.25) is 14.6 Å². The van der Waals surface area contributed by atoms with E-state index in [2.05, 4.69) is 25.0 Å². The number of pyridine rings is 1. The zero-order chi connectivity index (χ0) is 21.0. The van der Waals surface area contributed by atoms with Crippen LogP contribution in [0.15, 0.2) is 55.2 Å². The number of ketones is 1. The zero-order valence-corrected chi connectivity index (χ0v) is 14.9. The molecule has 1 aromatic carbocycles. The normalized spacial score (nSPS) is 11.0. The van der Waals surface area contributed by atoms with Crippen LogP contribution in [-0.2, 0) is 0 Å². The lowest BCUT2D eigenvalue weighted by molar-refractivity contribution is -0.274. The molecule has 3 aromatic rings. The number of rotatable bonds is 5. The molecule has 0 aliphatic carbocycles. The van der Waals surface area contributed by atoms with E-state index in [1.165, 1.54) is 50.0 Å². The van der Waals surface area contributed by atoms with E-state index < -0.39 is 18.0 Å². The molecule has 3 rings (SSSR count). The van der Waals surface area contributed by atoms with Crippen LogP contribution in [0.5, 0.6) is 5.75 Å². The summed E-state index contributed by atoms with van der Waals surface area (Å²) < 4.78 is 40.4. The van der Waals surface area contributed by atoms with Crippen LogP contribution >= 0.6 is 0 Å². The first-order valence-electron chi connectivity index (χ1n) is 8.16. The van der Waals surface area contributed by atoms with Crippen LogP contribution in [-0.4, -0.2) is 33.0 Å². The number of ether oxygens (including phenoxy) is 1. The van der Waals surface area contributed by atoms with Crippen molar-refractivity contribution in [2.45, 2.75) is 13.3 Å². The molecule has 2 aromatic heterocycles. The zero-order valence-electron chi connectivity index (χ0n) is 14.9. The number of Topliss-reactive ketones (excluding diaryl/α,β-unsaturated/α-hetero) is 1. The third kappa shape index (κ3) is 5.12. The van der Waals surface area contributed by atoms with Crippen LogP contribution in [0, 0.1) is 0 Å². The minimum absolute atomic E-state index is 0.143. The maximum absolute atomic E-state index is 12.5. The van der Waals surface area contributed by atoms with Crippen molar-refractivity contribution in [2.24, 2.45) is 0 Å². The summed E-state index contributed by atoms with van der Waals surface area (Å²) in [4.78, 5) is 36.2. The summed E-state index contributed by atoms with van der Waals surface area (Å²) >= 11 is 0. The number of amides is 1. The lowest BCUT2D eigenvalue weighted by Crippen LogP contribution is -2.17. The van der Waals surface area contributed by atoms with Crippen molar-refractivity contribution in [3.05, 3.63) is 66.5 Å². The first-order valence-corrected chi connectivity index (χ1v) is 8.16. The Morgan fingerprint density at radius 3 is 2.28 bits per heavy atom. The van der Waals surface area contributed by atoms with Crippen molar-refractivity contribution in [1.29, 1.82) is 0 Å². The Hall–Kier alpha value is -3.82. The van der Waals surface area contributed by atoms with Gasteiger partial charge >= 0.3 is 6.36 Å². The van der Waals surface area contributed by atoms with Crippen LogP contribution in [0.1, 0.15) is 27.8 Å². The van der Waals surface area contributed by atoms with Crippen molar-refractivity contribution in [1.82, 2.24) is 15.0 Å². The molecule has 1 N–H and O–H groups in total. The van der Waals surface area contributed by atoms with Crippen molar-refractivity contribution in [2.75, 3.05) is 5.32 Å². The predicted octanol–water partition coefficient (Wildman–Crippen LogP) is 3.89. The number of hydrogen-bond acceptors (Lipinski definition) is 6. The Bertz CT molecular complexity index is 1040. The Labute approximate surface area is 162 Å². The average Bonchev–Trinajstić information content (AvgIpc) is 2.68. The van der Waals surface area contributed by atoms with E-state index in [1.807, 2.05) is 0 Å². The van der Waals surface area contributed by atoms with E-state index in [9.17, 15) is 22.8 Å². The fourth-order valence-corrected chi connectivity index (χ4v) is 2.47. The molecule has 7 nitrogen and oxygen atoms in total. The average molecular weight is 402 g/mol. The van der Waals surface area contributed by atoms with E-state index in [-0.39, 0.29) is 22.7 Å². The lowest BCUT2D eigenvalue weighted by atomic mass is 10.0. The highest BCUT2D eigenvalue weighted by molar-refractivity contribution is 6.06. The number of aromatic nitrogens is 3. The Morgan fingerprint density at radius 2 is 1.69 bits per heavy atom. The van der Waals surface area contributed by atoms with E-state index in [4.69, 9.17) is 0 Å². The molecule has 10 heteroatoms. The summed E-state index contributed by atoms with van der Waals surface area (Å²) in [6, 6.07) is 6.16. The SMILES string of the molecule is CC(=O)c1ncc(C(=O)Nc2ccc(OC(F)(F)F)cc2)cc1-c1cncnc1. The predicted molar refractivity (Wildman–Crippen MR) is 96.3 cm³/mol. The highest BCUT2D eigenvalue weighted by Crippen LogP contribution is 2.25. The maximum Gasteiger partial charge on any atom is 0.573 e. The number of alkyl halides is 3. The van der Waals surface area contributed by atoms with Gasteiger partial charge in [0.1, 0.15) is 17.8 Å². The van der Waals surface area contributed by atoms with Crippen LogP contribution in [0.4, 0.5) is 18.9 Å². The fourth-order valence-electron chi connectivity index (χ4n) is 2.47. The largest absolute Gasteiger partial charge is 0.573 e. The number of halogens is 3. The molecule has 0 atom stereocenters. The summed E-state index contributed by atoms with van der Waals surface area (Å²) in [5.41, 5.74) is 1.45. The quantitative estimate of drug-likeness (QED) is 0.651. The maximum atomic E-state index is 12.5. The summed E-state index contributed by atoms with van der Waals surface area (Å²) in [7, 11) is 0. The van der Waals surface area contributed by atoms with Gasteiger partial charge in [-0.05, 0) is 30.3 Å². The molecule has 0 aliphatic heterocycles. The van der Waals surface area contributed by atoms with E-state index in [0.717, 1.165) is 12.1 Å². The van der Waals surface area contributed by atoms with Crippen molar-refractivity contribution in [3.8, 4) is 16.9 Å². The van der Waals surface area contributed by atoms with E-state index in [1.54, 1.807) is 0 Å². The smallest absolute Gasteiger partial charge is 0.406 e. The molecule has 2 heterocycles. The molecular formula is C19H13F3N4O3. The van der Waals surface area contributed by atoms with Crippen LogP contribution < -0.4 is 10.1 Å². The Balaban J connectivity index is 1.83. The van der Waals surface area contributed by atoms with E-state index >= 15 is 0 Å². The van der Waals surface area contributed by atoms with Gasteiger partial charge in [-0.1, -0.05) is 0 Å². The third-order valence-electron chi connectivity index (χ3n) is 3.70. The van der Waals surface area contributed by atoms with Crippen LogP contribution in [0.2, 0.25) is 0 Å². The van der Waals surface area contributed by atoms with Gasteiger partial charge in [0.05, 0.1) is 5.56 Å². The molecule has 0 saturated carbocycles. The number of carbonyl (C=O) groups excluding carboxylic acids is 2. The highest BCUT2D eigenvalue weighted by atomic mass is 19.4. The monoisotopic (exact) mass is 402 g/mol. The molecule has 0 fully saturated rings. The van der Waals surface area contributed by atoms with Gasteiger partial charge in [0.15, 0.2) is 5.78 Å². The molecule has 0 unspecified atom stereocenters. The van der Waals surface area contributed by atoms with E-state index in [0.29, 0.717) is 11.1 Å². The second-order valence-electron chi connectivity index (χ2n) is 5.83. The van der Waals surface area contributed by atoms with Gasteiger partial charge in [0.2, 0.25) is 0 Å². The number of anilines is 1. The summed E-state index contributed by atoms with van der Waals surface area (Å²) in [5.74, 6) is -1.26. The second-order valence-corrected chi connectivity index (χ2v) is 5.83. The number of hydrogen-bond donors (Lipinski definition) is 1. The Morgan fingerprint density at radius 1 is 1.03 bits per heavy atom. The molecule has 0 bridgehead atoms. The number of nitrogens with zero attached hydrogens (tertiary/aromatic N) is 3. The third-order valence-corrected chi connectivity index (χ3v) is 3.70. The topological polar surface area (TPSA) is 94.1 Å². The van der Waals surface area contributed by atoms with Crippen molar-refractivity contribution >= 4 is 17.4 Å². The number of carbonyl (C=O) groups is 2. The minimum atomic E-state index is -4.80. The molecular weight excluding hydrogens is 389 g/mol. The molecule has 148 valence electrons. The molecule has 0 radical (unpaired) electrons. The van der Waals surface area contributed by atoms with Crippen molar-refractivity contribution in [3.63, 3.8) is 0 Å². The van der Waals surface area contributed by atoms with Crippen molar-refractivity contribution < 1.29 is 27.5 Å². The number of nitrogens with one attached hydrogen (secondary N) is 1. The first kappa shape index (κ1) is 19.9. The molecule has 29 heavy (non-hydrogen) atoms. The molecule has 1 amide bonds.